The first-order valence-electron chi connectivity index (χ1n) is 6.47. The minimum Gasteiger partial charge on any atom is -0.490 e. The van der Waals surface area contributed by atoms with E-state index in [1.807, 2.05) is 39.0 Å². The number of hydrogen-bond donors (Lipinski definition) is 0. The monoisotopic (exact) mass is 250 g/mol. The van der Waals surface area contributed by atoms with Gasteiger partial charge in [0.15, 0.2) is 11.5 Å². The van der Waals surface area contributed by atoms with Gasteiger partial charge < -0.3 is 14.3 Å². The van der Waals surface area contributed by atoms with Crippen LogP contribution in [0.25, 0.3) is 0 Å². The van der Waals surface area contributed by atoms with Crippen LogP contribution in [-0.4, -0.2) is 19.0 Å². The Morgan fingerprint density at radius 1 is 1.17 bits per heavy atom. The maximum Gasteiger partial charge on any atom is 0.161 e. The molecule has 1 aromatic carbocycles. The fourth-order valence-corrected chi connectivity index (χ4v) is 1.92. The number of Topliss-reactive ketones (excluding diaryl/α,β-unsaturated/α-hetero) is 1. The highest BCUT2D eigenvalue weighted by Crippen LogP contribution is 2.32. The van der Waals surface area contributed by atoms with Crippen LogP contribution < -0.4 is 9.47 Å². The van der Waals surface area contributed by atoms with Gasteiger partial charge in [0, 0.05) is 6.42 Å². The molecule has 0 saturated heterocycles. The summed E-state index contributed by atoms with van der Waals surface area (Å²) in [6.45, 7) is 8.78. The van der Waals surface area contributed by atoms with Gasteiger partial charge in [-0.3, -0.25) is 0 Å². The predicted octanol–water partition coefficient (Wildman–Crippen LogP) is 3.57. The van der Waals surface area contributed by atoms with Gasteiger partial charge in [-0.1, -0.05) is 13.0 Å². The molecule has 0 aliphatic heterocycles. The van der Waals surface area contributed by atoms with Crippen LogP contribution in [0.4, 0.5) is 0 Å². The standard InChI is InChI=1S/C15H22O3/c1-5-17-14-8-7-13(10-15(14)18-6-2)11(3)9-12(4)16/h7-8,10-11H,5-6,9H2,1-4H3. The van der Waals surface area contributed by atoms with Crippen LogP contribution in [0.5, 0.6) is 11.5 Å². The average Bonchev–Trinajstić information content (AvgIpc) is 2.31. The smallest absolute Gasteiger partial charge is 0.161 e. The molecule has 0 amide bonds. The molecule has 0 aliphatic carbocycles. The van der Waals surface area contributed by atoms with Crippen molar-refractivity contribution in [2.75, 3.05) is 13.2 Å². The van der Waals surface area contributed by atoms with Crippen molar-refractivity contribution in [1.82, 2.24) is 0 Å². The first-order valence-corrected chi connectivity index (χ1v) is 6.47. The molecule has 1 rings (SSSR count). The molecule has 3 nitrogen and oxygen atoms in total. The first-order chi connectivity index (χ1) is 8.58. The number of rotatable bonds is 7. The summed E-state index contributed by atoms with van der Waals surface area (Å²) in [6.07, 6.45) is 0.555. The second-order valence-corrected chi connectivity index (χ2v) is 4.38. The molecule has 3 heteroatoms. The Hall–Kier alpha value is -1.51. The summed E-state index contributed by atoms with van der Waals surface area (Å²) in [6, 6.07) is 5.89. The number of ketones is 1. The van der Waals surface area contributed by atoms with Crippen molar-refractivity contribution in [2.24, 2.45) is 0 Å². The molecule has 100 valence electrons. The average molecular weight is 250 g/mol. The lowest BCUT2D eigenvalue weighted by Gasteiger charge is -2.15. The first kappa shape index (κ1) is 14.6. The van der Waals surface area contributed by atoms with Crippen LogP contribution >= 0.6 is 0 Å². The van der Waals surface area contributed by atoms with Crippen molar-refractivity contribution in [3.05, 3.63) is 23.8 Å². The highest BCUT2D eigenvalue weighted by Gasteiger charge is 2.12. The molecular formula is C15H22O3. The quantitative estimate of drug-likeness (QED) is 0.742. The van der Waals surface area contributed by atoms with E-state index in [2.05, 4.69) is 0 Å². The normalized spacial score (nSPS) is 12.0. The minimum atomic E-state index is 0.203. The summed E-state index contributed by atoms with van der Waals surface area (Å²) in [5.74, 6) is 1.93. The third-order valence-electron chi connectivity index (χ3n) is 2.73. The molecule has 1 aromatic rings. The van der Waals surface area contributed by atoms with Crippen molar-refractivity contribution >= 4 is 5.78 Å². The number of hydrogen-bond acceptors (Lipinski definition) is 3. The Morgan fingerprint density at radius 2 is 1.78 bits per heavy atom. The molecule has 0 fully saturated rings. The molecule has 1 atom stereocenters. The van der Waals surface area contributed by atoms with E-state index in [0.717, 1.165) is 17.1 Å². The van der Waals surface area contributed by atoms with Crippen molar-refractivity contribution in [3.8, 4) is 11.5 Å². The zero-order valence-electron chi connectivity index (χ0n) is 11.7. The summed E-state index contributed by atoms with van der Waals surface area (Å²) in [7, 11) is 0. The molecular weight excluding hydrogens is 228 g/mol. The Bertz CT molecular complexity index is 399. The molecule has 0 aliphatic rings. The second kappa shape index (κ2) is 7.04. The van der Waals surface area contributed by atoms with Gasteiger partial charge in [-0.15, -0.1) is 0 Å². The Kier molecular flexibility index (Phi) is 5.69. The maximum absolute atomic E-state index is 11.2. The third kappa shape index (κ3) is 4.06. The predicted molar refractivity (Wildman–Crippen MR) is 72.5 cm³/mol. The van der Waals surface area contributed by atoms with E-state index in [1.54, 1.807) is 6.92 Å². The van der Waals surface area contributed by atoms with E-state index in [1.165, 1.54) is 0 Å². The van der Waals surface area contributed by atoms with Crippen LogP contribution in [0.15, 0.2) is 18.2 Å². The SMILES string of the molecule is CCOc1ccc(C(C)CC(C)=O)cc1OCC. The van der Waals surface area contributed by atoms with Gasteiger partial charge in [-0.2, -0.15) is 0 Å². The van der Waals surface area contributed by atoms with Gasteiger partial charge in [0.1, 0.15) is 5.78 Å². The third-order valence-corrected chi connectivity index (χ3v) is 2.73. The van der Waals surface area contributed by atoms with Crippen LogP contribution in [0, 0.1) is 0 Å². The fraction of sp³-hybridized carbons (Fsp3) is 0.533. The van der Waals surface area contributed by atoms with E-state index in [4.69, 9.17) is 9.47 Å². The number of ether oxygens (including phenoxy) is 2. The second-order valence-electron chi connectivity index (χ2n) is 4.38. The van der Waals surface area contributed by atoms with E-state index in [9.17, 15) is 4.79 Å². The van der Waals surface area contributed by atoms with Crippen molar-refractivity contribution < 1.29 is 14.3 Å². The summed E-state index contributed by atoms with van der Waals surface area (Å²) in [5.41, 5.74) is 1.11. The summed E-state index contributed by atoms with van der Waals surface area (Å²) < 4.78 is 11.1. The zero-order chi connectivity index (χ0) is 13.5. The highest BCUT2D eigenvalue weighted by molar-refractivity contribution is 5.76. The zero-order valence-corrected chi connectivity index (χ0v) is 11.7. The Labute approximate surface area is 109 Å². The molecule has 0 aromatic heterocycles. The van der Waals surface area contributed by atoms with Gasteiger partial charge in [0.25, 0.3) is 0 Å². The van der Waals surface area contributed by atoms with Gasteiger partial charge in [0.2, 0.25) is 0 Å². The van der Waals surface area contributed by atoms with Gasteiger partial charge in [-0.25, -0.2) is 0 Å². The van der Waals surface area contributed by atoms with Gasteiger partial charge in [0.05, 0.1) is 13.2 Å². The lowest BCUT2D eigenvalue weighted by molar-refractivity contribution is -0.117. The van der Waals surface area contributed by atoms with Crippen molar-refractivity contribution in [1.29, 1.82) is 0 Å². The summed E-state index contributed by atoms with van der Waals surface area (Å²) in [4.78, 5) is 11.2. The molecule has 0 heterocycles. The number of carbonyl (C=O) groups excluding carboxylic acids is 1. The van der Waals surface area contributed by atoms with Crippen molar-refractivity contribution in [3.63, 3.8) is 0 Å². The molecule has 1 unspecified atom stereocenters. The lowest BCUT2D eigenvalue weighted by atomic mass is 9.96. The van der Waals surface area contributed by atoms with Crippen LogP contribution in [0.1, 0.15) is 45.6 Å². The molecule has 0 radical (unpaired) electrons. The summed E-state index contributed by atoms with van der Waals surface area (Å²) in [5, 5.41) is 0. The topological polar surface area (TPSA) is 35.5 Å². The van der Waals surface area contributed by atoms with Crippen LogP contribution in [-0.2, 0) is 4.79 Å². The molecule has 0 bridgehead atoms. The van der Waals surface area contributed by atoms with Crippen molar-refractivity contribution in [2.45, 2.75) is 40.0 Å². The lowest BCUT2D eigenvalue weighted by Crippen LogP contribution is -2.03. The van der Waals surface area contributed by atoms with E-state index >= 15 is 0 Å². The van der Waals surface area contributed by atoms with E-state index in [-0.39, 0.29) is 11.7 Å². The van der Waals surface area contributed by atoms with Crippen LogP contribution in [0.3, 0.4) is 0 Å². The molecule has 18 heavy (non-hydrogen) atoms. The van der Waals surface area contributed by atoms with Crippen LogP contribution in [0.2, 0.25) is 0 Å². The largest absolute Gasteiger partial charge is 0.490 e. The van der Waals surface area contributed by atoms with Gasteiger partial charge >= 0.3 is 0 Å². The number of benzene rings is 1. The summed E-state index contributed by atoms with van der Waals surface area (Å²) >= 11 is 0. The molecule has 0 N–H and O–H groups in total. The maximum atomic E-state index is 11.2. The molecule has 0 saturated carbocycles. The van der Waals surface area contributed by atoms with E-state index < -0.39 is 0 Å². The minimum absolute atomic E-state index is 0.203. The van der Waals surface area contributed by atoms with E-state index in [0.29, 0.717) is 19.6 Å². The number of carbonyl (C=O) groups is 1. The Morgan fingerprint density at radius 3 is 2.33 bits per heavy atom. The molecule has 0 spiro atoms. The highest BCUT2D eigenvalue weighted by atomic mass is 16.5. The Balaban J connectivity index is 2.94. The fourth-order valence-electron chi connectivity index (χ4n) is 1.92. The van der Waals surface area contributed by atoms with Gasteiger partial charge in [-0.05, 0) is 44.4 Å².